The molecule has 0 amide bonds. The van der Waals surface area contributed by atoms with Crippen molar-refractivity contribution in [2.24, 2.45) is 0 Å². The monoisotopic (exact) mass is 351 g/mol. The van der Waals surface area contributed by atoms with Crippen LogP contribution in [0.5, 0.6) is 0 Å². The van der Waals surface area contributed by atoms with Crippen LogP contribution in [-0.4, -0.2) is 6.04 Å². The predicted octanol–water partition coefficient (Wildman–Crippen LogP) is 6.21. The molecule has 2 heteroatoms. The van der Waals surface area contributed by atoms with Gasteiger partial charge in [-0.1, -0.05) is 85.9 Å². The first kappa shape index (κ1) is 17.0. The lowest BCUT2D eigenvalue weighted by Gasteiger charge is -2.19. The summed E-state index contributed by atoms with van der Waals surface area (Å²) in [6.45, 7) is 1.00. The second-order valence-corrected chi connectivity index (χ2v) is 7.38. The van der Waals surface area contributed by atoms with Gasteiger partial charge in [0.2, 0.25) is 0 Å². The topological polar surface area (TPSA) is 12.0 Å². The molecule has 0 spiro atoms. The fourth-order valence-corrected chi connectivity index (χ4v) is 3.72. The van der Waals surface area contributed by atoms with Gasteiger partial charge in [-0.2, -0.15) is 0 Å². The predicted molar refractivity (Wildman–Crippen MR) is 95.6 cm³/mol. The molecule has 21 heavy (non-hydrogen) atoms. The van der Waals surface area contributed by atoms with Gasteiger partial charge < -0.3 is 5.32 Å². The van der Waals surface area contributed by atoms with Crippen molar-refractivity contribution in [1.82, 2.24) is 5.32 Å². The maximum atomic E-state index is 3.80. The third-order valence-corrected chi connectivity index (χ3v) is 5.08. The quantitative estimate of drug-likeness (QED) is 0.682. The fourth-order valence-electron chi connectivity index (χ4n) is 3.28. The molecular weight excluding hydrogens is 322 g/mol. The molecule has 0 heterocycles. The summed E-state index contributed by atoms with van der Waals surface area (Å²) in [4.78, 5) is 0. The Morgan fingerprint density at radius 2 is 1.43 bits per heavy atom. The molecule has 1 aromatic rings. The zero-order valence-corrected chi connectivity index (χ0v) is 14.8. The fraction of sp³-hybridized carbons (Fsp3) is 0.684. The smallest absolute Gasteiger partial charge is 0.0208 e. The summed E-state index contributed by atoms with van der Waals surface area (Å²) >= 11 is 3.56. The van der Waals surface area contributed by atoms with Gasteiger partial charge in [0.1, 0.15) is 0 Å². The van der Waals surface area contributed by atoms with Crippen LogP contribution in [0.4, 0.5) is 0 Å². The van der Waals surface area contributed by atoms with Crippen LogP contribution in [0.2, 0.25) is 0 Å². The van der Waals surface area contributed by atoms with Crippen molar-refractivity contribution >= 4 is 15.9 Å². The Morgan fingerprint density at radius 3 is 2.00 bits per heavy atom. The zero-order valence-electron chi connectivity index (χ0n) is 13.2. The molecule has 0 saturated heterocycles. The van der Waals surface area contributed by atoms with Gasteiger partial charge in [0, 0.05) is 17.1 Å². The molecule has 1 aliphatic carbocycles. The minimum atomic E-state index is 0.711. The number of hydrogen-bond acceptors (Lipinski definition) is 1. The normalized spacial score (nSPS) is 19.7. The van der Waals surface area contributed by atoms with E-state index in [2.05, 4.69) is 45.5 Å². The number of hydrogen-bond donors (Lipinski definition) is 1. The van der Waals surface area contributed by atoms with Crippen molar-refractivity contribution in [1.29, 1.82) is 0 Å². The molecule has 1 N–H and O–H groups in total. The molecule has 0 radical (unpaired) electrons. The van der Waals surface area contributed by atoms with Gasteiger partial charge in [0.05, 0.1) is 0 Å². The van der Waals surface area contributed by atoms with E-state index in [0.29, 0.717) is 6.04 Å². The molecule has 1 fully saturated rings. The molecule has 0 atom stereocenters. The largest absolute Gasteiger partial charge is 0.310 e. The molecule has 1 aliphatic rings. The highest BCUT2D eigenvalue weighted by molar-refractivity contribution is 9.10. The lowest BCUT2D eigenvalue weighted by molar-refractivity contribution is 0.403. The van der Waals surface area contributed by atoms with Crippen LogP contribution in [0, 0.1) is 0 Å². The average Bonchev–Trinajstić information content (AvgIpc) is 2.47. The standard InChI is InChI=1S/C19H30BrN/c20-18-12-10-11-17(15-18)16-21-19-13-8-6-4-2-1-3-5-7-9-14-19/h10-12,15,19,21H,1-9,13-14,16H2. The number of nitrogens with one attached hydrogen (secondary N) is 1. The van der Waals surface area contributed by atoms with E-state index in [1.165, 1.54) is 80.7 Å². The lowest BCUT2D eigenvalue weighted by atomic mass is 9.98. The summed E-state index contributed by atoms with van der Waals surface area (Å²) in [5.41, 5.74) is 1.38. The Balaban J connectivity index is 1.77. The summed E-state index contributed by atoms with van der Waals surface area (Å²) in [6, 6.07) is 9.38. The number of halogens is 1. The van der Waals surface area contributed by atoms with E-state index in [-0.39, 0.29) is 0 Å². The van der Waals surface area contributed by atoms with Gasteiger partial charge in [-0.3, -0.25) is 0 Å². The highest BCUT2D eigenvalue weighted by Crippen LogP contribution is 2.18. The minimum Gasteiger partial charge on any atom is -0.310 e. The third kappa shape index (κ3) is 7.46. The van der Waals surface area contributed by atoms with Crippen LogP contribution in [0.25, 0.3) is 0 Å². The van der Waals surface area contributed by atoms with Crippen molar-refractivity contribution in [2.75, 3.05) is 0 Å². The Morgan fingerprint density at radius 1 is 0.857 bits per heavy atom. The van der Waals surface area contributed by atoms with Gasteiger partial charge in [0.15, 0.2) is 0 Å². The van der Waals surface area contributed by atoms with E-state index in [0.717, 1.165) is 6.54 Å². The Bertz CT molecular complexity index is 379. The first-order valence-corrected chi connectivity index (χ1v) is 9.62. The average molecular weight is 352 g/mol. The van der Waals surface area contributed by atoms with Crippen LogP contribution in [0.3, 0.4) is 0 Å². The first-order chi connectivity index (χ1) is 10.3. The van der Waals surface area contributed by atoms with E-state index in [1.807, 2.05) is 0 Å². The van der Waals surface area contributed by atoms with E-state index in [1.54, 1.807) is 0 Å². The molecule has 1 aromatic carbocycles. The second kappa shape index (κ2) is 10.4. The van der Waals surface area contributed by atoms with Gasteiger partial charge >= 0.3 is 0 Å². The molecule has 0 aliphatic heterocycles. The van der Waals surface area contributed by atoms with Crippen LogP contribution in [0.1, 0.15) is 76.2 Å². The van der Waals surface area contributed by atoms with Crippen molar-refractivity contribution in [2.45, 2.75) is 83.2 Å². The van der Waals surface area contributed by atoms with E-state index >= 15 is 0 Å². The van der Waals surface area contributed by atoms with Crippen molar-refractivity contribution in [3.8, 4) is 0 Å². The molecular formula is C19H30BrN. The summed E-state index contributed by atoms with van der Waals surface area (Å²) in [6.07, 6.45) is 15.6. The van der Waals surface area contributed by atoms with Crippen molar-refractivity contribution in [3.63, 3.8) is 0 Å². The van der Waals surface area contributed by atoms with E-state index in [9.17, 15) is 0 Å². The van der Waals surface area contributed by atoms with E-state index < -0.39 is 0 Å². The van der Waals surface area contributed by atoms with Crippen LogP contribution in [0.15, 0.2) is 28.7 Å². The van der Waals surface area contributed by atoms with Gasteiger partial charge in [-0.15, -0.1) is 0 Å². The molecule has 0 bridgehead atoms. The van der Waals surface area contributed by atoms with Crippen molar-refractivity contribution < 1.29 is 0 Å². The Labute approximate surface area is 139 Å². The van der Waals surface area contributed by atoms with Gasteiger partial charge in [-0.25, -0.2) is 0 Å². The van der Waals surface area contributed by atoms with Gasteiger partial charge in [-0.05, 0) is 30.5 Å². The summed E-state index contributed by atoms with van der Waals surface area (Å²) < 4.78 is 1.18. The Kier molecular flexibility index (Phi) is 8.43. The van der Waals surface area contributed by atoms with E-state index in [4.69, 9.17) is 0 Å². The molecule has 2 rings (SSSR count). The van der Waals surface area contributed by atoms with Crippen LogP contribution in [-0.2, 0) is 6.54 Å². The zero-order chi connectivity index (χ0) is 14.8. The molecule has 0 aromatic heterocycles. The van der Waals surface area contributed by atoms with Gasteiger partial charge in [0.25, 0.3) is 0 Å². The minimum absolute atomic E-state index is 0.711. The number of benzene rings is 1. The summed E-state index contributed by atoms with van der Waals surface area (Å²) in [5.74, 6) is 0. The summed E-state index contributed by atoms with van der Waals surface area (Å²) in [5, 5.41) is 3.80. The second-order valence-electron chi connectivity index (χ2n) is 6.47. The third-order valence-electron chi connectivity index (χ3n) is 4.59. The molecule has 1 saturated carbocycles. The molecule has 0 unspecified atom stereocenters. The first-order valence-electron chi connectivity index (χ1n) is 8.82. The summed E-state index contributed by atoms with van der Waals surface area (Å²) in [7, 11) is 0. The maximum absolute atomic E-state index is 3.80. The van der Waals surface area contributed by atoms with Crippen molar-refractivity contribution in [3.05, 3.63) is 34.3 Å². The highest BCUT2D eigenvalue weighted by atomic mass is 79.9. The van der Waals surface area contributed by atoms with Crippen LogP contribution < -0.4 is 5.32 Å². The molecule has 118 valence electrons. The molecule has 1 nitrogen and oxygen atoms in total. The lowest BCUT2D eigenvalue weighted by Crippen LogP contribution is -2.28. The number of rotatable bonds is 3. The van der Waals surface area contributed by atoms with Crippen LogP contribution >= 0.6 is 15.9 Å². The highest BCUT2D eigenvalue weighted by Gasteiger charge is 2.09. The SMILES string of the molecule is Brc1cccc(CNC2CCCCCCCCCCC2)c1. The maximum Gasteiger partial charge on any atom is 0.0208 e. The Hall–Kier alpha value is -0.340.